The molecule has 0 aliphatic rings. The first-order valence-corrected chi connectivity index (χ1v) is 5.32. The number of hydrogen-bond donors (Lipinski definition) is 1. The molecule has 2 rings (SSSR count). The average molecular weight is 202 g/mol. The molecule has 0 aromatic carbocycles. The highest BCUT2D eigenvalue weighted by Gasteiger charge is 2.00. The predicted octanol–water partition coefficient (Wildman–Crippen LogP) is 3.61. The molecule has 0 fully saturated rings. The Morgan fingerprint density at radius 1 is 1.27 bits per heavy atom. The summed E-state index contributed by atoms with van der Waals surface area (Å²) in [6.07, 6.45) is 8.76. The van der Waals surface area contributed by atoms with Gasteiger partial charge in [-0.15, -0.1) is 0 Å². The number of aromatic amines is 1. The van der Waals surface area contributed by atoms with Gasteiger partial charge in [-0.1, -0.05) is 19.9 Å². The normalized spacial score (nSPS) is 11.3. The molecule has 2 heteroatoms. The Balaban J connectivity index is 0.000000162. The second-order valence-corrected chi connectivity index (χ2v) is 3.48. The van der Waals surface area contributed by atoms with Crippen LogP contribution in [0.15, 0.2) is 49.1 Å². The van der Waals surface area contributed by atoms with Crippen molar-refractivity contribution in [3.63, 3.8) is 0 Å². The first-order chi connectivity index (χ1) is 7.34. The Labute approximate surface area is 91.4 Å². The number of pyridine rings is 1. The van der Waals surface area contributed by atoms with Crippen LogP contribution in [0.3, 0.4) is 0 Å². The molecule has 0 saturated carbocycles. The molecule has 0 aliphatic carbocycles. The Hall–Kier alpha value is -1.57. The molecule has 2 aromatic rings. The van der Waals surface area contributed by atoms with E-state index in [1.54, 1.807) is 12.4 Å². The largest absolute Gasteiger partial charge is 0.367 e. The Bertz CT molecular complexity index is 300. The van der Waals surface area contributed by atoms with Gasteiger partial charge in [0, 0.05) is 24.8 Å². The van der Waals surface area contributed by atoms with Gasteiger partial charge in [0.1, 0.15) is 0 Å². The Morgan fingerprint density at radius 3 is 2.33 bits per heavy atom. The third-order valence-electron chi connectivity index (χ3n) is 2.37. The molecule has 0 bridgehead atoms. The van der Waals surface area contributed by atoms with E-state index in [2.05, 4.69) is 36.1 Å². The molecular formula is C13H18N2. The van der Waals surface area contributed by atoms with Gasteiger partial charge in [-0.25, -0.2) is 0 Å². The monoisotopic (exact) mass is 202 g/mol. The summed E-state index contributed by atoms with van der Waals surface area (Å²) in [5.41, 5.74) is 1.41. The van der Waals surface area contributed by atoms with Gasteiger partial charge in [-0.05, 0) is 36.1 Å². The van der Waals surface area contributed by atoms with Crippen molar-refractivity contribution in [3.8, 4) is 0 Å². The summed E-state index contributed by atoms with van der Waals surface area (Å²) in [5, 5.41) is 0. The minimum absolute atomic E-state index is 0.705. The first kappa shape index (κ1) is 11.5. The van der Waals surface area contributed by atoms with E-state index in [0.717, 1.165) is 0 Å². The maximum atomic E-state index is 3.78. The van der Waals surface area contributed by atoms with Crippen molar-refractivity contribution in [1.82, 2.24) is 9.97 Å². The van der Waals surface area contributed by atoms with E-state index in [1.807, 2.05) is 24.4 Å². The van der Waals surface area contributed by atoms with Crippen LogP contribution >= 0.6 is 0 Å². The van der Waals surface area contributed by atoms with Crippen molar-refractivity contribution in [1.29, 1.82) is 0 Å². The predicted molar refractivity (Wildman–Crippen MR) is 63.7 cm³/mol. The van der Waals surface area contributed by atoms with E-state index in [9.17, 15) is 0 Å². The van der Waals surface area contributed by atoms with Gasteiger partial charge >= 0.3 is 0 Å². The smallest absolute Gasteiger partial charge is 0.0267 e. The minimum Gasteiger partial charge on any atom is -0.367 e. The van der Waals surface area contributed by atoms with E-state index in [1.165, 1.54) is 12.0 Å². The topological polar surface area (TPSA) is 28.7 Å². The molecule has 0 aliphatic heterocycles. The second kappa shape index (κ2) is 6.82. The van der Waals surface area contributed by atoms with Crippen LogP contribution in [-0.2, 0) is 0 Å². The van der Waals surface area contributed by atoms with Crippen LogP contribution in [0, 0.1) is 0 Å². The van der Waals surface area contributed by atoms with Crippen molar-refractivity contribution < 1.29 is 0 Å². The van der Waals surface area contributed by atoms with Crippen LogP contribution in [0.4, 0.5) is 0 Å². The van der Waals surface area contributed by atoms with E-state index in [0.29, 0.717) is 5.92 Å². The number of H-pyrrole nitrogens is 1. The van der Waals surface area contributed by atoms with Gasteiger partial charge in [-0.2, -0.15) is 0 Å². The highest BCUT2D eigenvalue weighted by atomic mass is 14.6. The van der Waals surface area contributed by atoms with Gasteiger partial charge in [0.25, 0.3) is 0 Å². The van der Waals surface area contributed by atoms with E-state index >= 15 is 0 Å². The third kappa shape index (κ3) is 4.45. The van der Waals surface area contributed by atoms with Crippen LogP contribution in [0.1, 0.15) is 31.7 Å². The highest BCUT2D eigenvalue weighted by Crippen LogP contribution is 2.16. The molecule has 0 amide bonds. The lowest BCUT2D eigenvalue weighted by atomic mass is 10.0. The summed E-state index contributed by atoms with van der Waals surface area (Å²) in [4.78, 5) is 6.83. The van der Waals surface area contributed by atoms with Crippen LogP contribution in [0.5, 0.6) is 0 Å². The van der Waals surface area contributed by atoms with E-state index < -0.39 is 0 Å². The Morgan fingerprint density at radius 2 is 2.00 bits per heavy atom. The number of nitrogens with zero attached hydrogens (tertiary/aromatic N) is 1. The lowest BCUT2D eigenvalue weighted by Crippen LogP contribution is -1.86. The zero-order valence-electron chi connectivity index (χ0n) is 9.35. The van der Waals surface area contributed by atoms with Crippen molar-refractivity contribution in [2.75, 3.05) is 0 Å². The van der Waals surface area contributed by atoms with Crippen LogP contribution in [-0.4, -0.2) is 9.97 Å². The molecule has 2 heterocycles. The zero-order valence-corrected chi connectivity index (χ0v) is 9.35. The van der Waals surface area contributed by atoms with Crippen LogP contribution in [0.25, 0.3) is 0 Å². The average Bonchev–Trinajstić information content (AvgIpc) is 2.85. The van der Waals surface area contributed by atoms with Crippen LogP contribution < -0.4 is 0 Å². The molecule has 0 spiro atoms. The standard InChI is InChI=1S/C8H13N.C5H5N/c1-3-7(2)8-4-5-9-6-8;1-2-4-6-5-3-1/h4-7,9H,3H2,1-2H3;1-5H. The summed E-state index contributed by atoms with van der Waals surface area (Å²) in [6, 6.07) is 7.85. The van der Waals surface area contributed by atoms with Gasteiger partial charge in [-0.3, -0.25) is 4.98 Å². The summed E-state index contributed by atoms with van der Waals surface area (Å²) in [7, 11) is 0. The van der Waals surface area contributed by atoms with Gasteiger partial charge < -0.3 is 4.98 Å². The molecule has 1 atom stereocenters. The summed E-state index contributed by atoms with van der Waals surface area (Å²) >= 11 is 0. The molecule has 15 heavy (non-hydrogen) atoms. The lowest BCUT2D eigenvalue weighted by Gasteiger charge is -2.02. The zero-order chi connectivity index (χ0) is 10.9. The molecule has 0 saturated heterocycles. The van der Waals surface area contributed by atoms with Gasteiger partial charge in [0.15, 0.2) is 0 Å². The minimum atomic E-state index is 0.705. The molecule has 0 radical (unpaired) electrons. The number of nitrogens with one attached hydrogen (secondary N) is 1. The summed E-state index contributed by atoms with van der Waals surface area (Å²) < 4.78 is 0. The van der Waals surface area contributed by atoms with Crippen molar-refractivity contribution in [2.45, 2.75) is 26.2 Å². The summed E-state index contributed by atoms with van der Waals surface area (Å²) in [5.74, 6) is 0.705. The van der Waals surface area contributed by atoms with Crippen LogP contribution in [0.2, 0.25) is 0 Å². The fourth-order valence-electron chi connectivity index (χ4n) is 1.19. The third-order valence-corrected chi connectivity index (χ3v) is 2.37. The van der Waals surface area contributed by atoms with Crippen molar-refractivity contribution >= 4 is 0 Å². The fraction of sp³-hybridized carbons (Fsp3) is 0.308. The molecular weight excluding hydrogens is 184 g/mol. The first-order valence-electron chi connectivity index (χ1n) is 5.32. The van der Waals surface area contributed by atoms with E-state index in [4.69, 9.17) is 0 Å². The maximum Gasteiger partial charge on any atom is 0.0267 e. The fourth-order valence-corrected chi connectivity index (χ4v) is 1.19. The molecule has 1 N–H and O–H groups in total. The number of rotatable bonds is 2. The van der Waals surface area contributed by atoms with Gasteiger partial charge in [0.2, 0.25) is 0 Å². The van der Waals surface area contributed by atoms with E-state index in [-0.39, 0.29) is 0 Å². The quantitative estimate of drug-likeness (QED) is 0.791. The number of aromatic nitrogens is 2. The molecule has 2 nitrogen and oxygen atoms in total. The van der Waals surface area contributed by atoms with Crippen molar-refractivity contribution in [3.05, 3.63) is 54.6 Å². The summed E-state index contributed by atoms with van der Waals surface area (Å²) in [6.45, 7) is 4.45. The lowest BCUT2D eigenvalue weighted by molar-refractivity contribution is 0.735. The van der Waals surface area contributed by atoms with Crippen molar-refractivity contribution in [2.24, 2.45) is 0 Å². The molecule has 80 valence electrons. The maximum absolute atomic E-state index is 3.78. The highest BCUT2D eigenvalue weighted by molar-refractivity contribution is 5.12. The second-order valence-electron chi connectivity index (χ2n) is 3.48. The molecule has 1 unspecified atom stereocenters. The van der Waals surface area contributed by atoms with Gasteiger partial charge in [0.05, 0.1) is 0 Å². The Kier molecular flexibility index (Phi) is 5.23. The SMILES string of the molecule is CCC(C)c1cc[nH]c1.c1ccncc1. The number of hydrogen-bond acceptors (Lipinski definition) is 1. The molecule has 2 aromatic heterocycles.